The first-order chi connectivity index (χ1) is 8.97. The predicted octanol–water partition coefficient (Wildman–Crippen LogP) is 1.19. The summed E-state index contributed by atoms with van der Waals surface area (Å²) in [6, 6.07) is 4.01. The molecule has 3 N–H and O–H groups in total. The van der Waals surface area contributed by atoms with E-state index in [0.29, 0.717) is 18.7 Å². The van der Waals surface area contributed by atoms with Crippen molar-refractivity contribution in [1.29, 1.82) is 0 Å². The highest BCUT2D eigenvalue weighted by Crippen LogP contribution is 2.35. The summed E-state index contributed by atoms with van der Waals surface area (Å²) in [5.74, 6) is -1.08. The van der Waals surface area contributed by atoms with Gasteiger partial charge in [0.2, 0.25) is 0 Å². The number of phenols is 2. The van der Waals surface area contributed by atoms with E-state index < -0.39 is 12.0 Å². The predicted molar refractivity (Wildman–Crippen MR) is 69.3 cm³/mol. The van der Waals surface area contributed by atoms with Crippen molar-refractivity contribution in [1.82, 2.24) is 4.90 Å². The van der Waals surface area contributed by atoms with Crippen LogP contribution in [-0.2, 0) is 9.53 Å². The smallest absolute Gasteiger partial charge is 0.317 e. The largest absolute Gasteiger partial charge is 0.507 e. The minimum atomic E-state index is -0.974. The molecule has 0 saturated carbocycles. The highest BCUT2D eigenvalue weighted by atomic mass is 16.5. The molecule has 1 unspecified atom stereocenters. The van der Waals surface area contributed by atoms with Crippen molar-refractivity contribution in [2.75, 3.05) is 26.8 Å². The summed E-state index contributed by atoms with van der Waals surface area (Å²) in [5, 5.41) is 28.5. The van der Waals surface area contributed by atoms with Crippen LogP contribution in [-0.4, -0.2) is 53.0 Å². The molecular weight excluding hydrogens is 250 g/mol. The molecule has 0 radical (unpaired) electrons. The van der Waals surface area contributed by atoms with Crippen LogP contribution in [0, 0.1) is 0 Å². The lowest BCUT2D eigenvalue weighted by atomic mass is 10.0. The van der Waals surface area contributed by atoms with Gasteiger partial charge in [-0.3, -0.25) is 9.69 Å². The van der Waals surface area contributed by atoms with E-state index in [2.05, 4.69) is 0 Å². The number of methoxy groups -OCH3 is 1. The fraction of sp³-hybridized carbons (Fsp3) is 0.462. The normalized spacial score (nSPS) is 12.6. The maximum atomic E-state index is 10.9. The van der Waals surface area contributed by atoms with Gasteiger partial charge in [-0.1, -0.05) is 6.07 Å². The Morgan fingerprint density at radius 2 is 1.95 bits per heavy atom. The van der Waals surface area contributed by atoms with Crippen LogP contribution in [0.1, 0.15) is 18.5 Å². The molecule has 0 heterocycles. The number of hydrogen-bond acceptors (Lipinski definition) is 5. The van der Waals surface area contributed by atoms with Gasteiger partial charge in [0.05, 0.1) is 18.7 Å². The highest BCUT2D eigenvalue weighted by Gasteiger charge is 2.23. The maximum Gasteiger partial charge on any atom is 0.317 e. The molecule has 19 heavy (non-hydrogen) atoms. The van der Waals surface area contributed by atoms with Crippen LogP contribution in [0.25, 0.3) is 0 Å². The number of phenolic OH excluding ortho intramolecular Hbond substituents is 2. The third-order valence-electron chi connectivity index (χ3n) is 2.95. The van der Waals surface area contributed by atoms with E-state index in [-0.39, 0.29) is 18.0 Å². The molecular formula is C13H19NO5. The number of nitrogens with zero attached hydrogens (tertiary/aromatic N) is 1. The number of rotatable bonds is 7. The summed E-state index contributed by atoms with van der Waals surface area (Å²) in [4.78, 5) is 12.5. The van der Waals surface area contributed by atoms with Crippen molar-refractivity contribution in [3.8, 4) is 11.5 Å². The number of carboxylic acids is 1. The molecule has 1 rings (SSSR count). The molecule has 0 bridgehead atoms. The first-order valence-corrected chi connectivity index (χ1v) is 5.93. The summed E-state index contributed by atoms with van der Waals surface area (Å²) < 4.78 is 4.94. The van der Waals surface area contributed by atoms with E-state index in [0.717, 1.165) is 0 Å². The van der Waals surface area contributed by atoms with Crippen molar-refractivity contribution < 1.29 is 24.9 Å². The fourth-order valence-corrected chi connectivity index (χ4v) is 1.94. The maximum absolute atomic E-state index is 10.9. The summed E-state index contributed by atoms with van der Waals surface area (Å²) in [6.45, 7) is 2.29. The second-order valence-corrected chi connectivity index (χ2v) is 4.24. The lowest BCUT2D eigenvalue weighted by Gasteiger charge is -2.28. The van der Waals surface area contributed by atoms with Crippen LogP contribution < -0.4 is 0 Å². The van der Waals surface area contributed by atoms with Crippen molar-refractivity contribution >= 4 is 5.97 Å². The van der Waals surface area contributed by atoms with E-state index in [9.17, 15) is 15.0 Å². The Morgan fingerprint density at radius 1 is 1.37 bits per heavy atom. The Morgan fingerprint density at radius 3 is 2.42 bits per heavy atom. The van der Waals surface area contributed by atoms with Gasteiger partial charge in [0.1, 0.15) is 11.5 Å². The SMILES string of the molecule is COCCN(CC(=O)O)C(C)c1c(O)cccc1O. The average molecular weight is 269 g/mol. The van der Waals surface area contributed by atoms with Crippen LogP contribution in [0.2, 0.25) is 0 Å². The lowest BCUT2D eigenvalue weighted by Crippen LogP contribution is -2.35. The Balaban J connectivity index is 2.97. The second-order valence-electron chi connectivity index (χ2n) is 4.24. The molecule has 0 aliphatic heterocycles. The molecule has 0 aromatic heterocycles. The standard InChI is InChI=1S/C13H19NO5/c1-9(13-10(15)4-3-5-11(13)16)14(6-7-19-2)8-12(17)18/h3-5,9,15-16H,6-8H2,1-2H3,(H,17,18). The van der Waals surface area contributed by atoms with Crippen molar-refractivity contribution in [2.24, 2.45) is 0 Å². The molecule has 1 aromatic rings. The zero-order valence-electron chi connectivity index (χ0n) is 11.0. The van der Waals surface area contributed by atoms with Gasteiger partial charge in [0, 0.05) is 19.7 Å². The van der Waals surface area contributed by atoms with Gasteiger partial charge in [0.25, 0.3) is 0 Å². The van der Waals surface area contributed by atoms with Crippen LogP contribution in [0.4, 0.5) is 0 Å². The first-order valence-electron chi connectivity index (χ1n) is 5.93. The third kappa shape index (κ3) is 4.11. The van der Waals surface area contributed by atoms with E-state index in [1.807, 2.05) is 0 Å². The number of aromatic hydroxyl groups is 2. The molecule has 0 fully saturated rings. The Labute approximate surface area is 111 Å². The zero-order chi connectivity index (χ0) is 14.4. The topological polar surface area (TPSA) is 90.2 Å². The summed E-state index contributed by atoms with van der Waals surface area (Å²) in [6.07, 6.45) is 0. The Hall–Kier alpha value is -1.79. The van der Waals surface area contributed by atoms with E-state index in [1.165, 1.54) is 25.3 Å². The molecule has 0 spiro atoms. The first kappa shape index (κ1) is 15.3. The molecule has 6 heteroatoms. The highest BCUT2D eigenvalue weighted by molar-refractivity contribution is 5.69. The van der Waals surface area contributed by atoms with Gasteiger partial charge in [-0.15, -0.1) is 0 Å². The fourth-order valence-electron chi connectivity index (χ4n) is 1.94. The van der Waals surface area contributed by atoms with Crippen molar-refractivity contribution in [3.05, 3.63) is 23.8 Å². The van der Waals surface area contributed by atoms with Gasteiger partial charge >= 0.3 is 5.97 Å². The van der Waals surface area contributed by atoms with Gasteiger partial charge in [-0.2, -0.15) is 0 Å². The molecule has 0 amide bonds. The molecule has 0 aliphatic carbocycles. The van der Waals surface area contributed by atoms with Crippen LogP contribution in [0.5, 0.6) is 11.5 Å². The number of aliphatic carboxylic acids is 1. The number of carbonyl (C=O) groups is 1. The summed E-state index contributed by atoms with van der Waals surface area (Å²) >= 11 is 0. The summed E-state index contributed by atoms with van der Waals surface area (Å²) in [5.41, 5.74) is 0.319. The van der Waals surface area contributed by atoms with Gasteiger partial charge < -0.3 is 20.1 Å². The molecule has 6 nitrogen and oxygen atoms in total. The summed E-state index contributed by atoms with van der Waals surface area (Å²) in [7, 11) is 1.53. The van der Waals surface area contributed by atoms with Crippen LogP contribution in [0.3, 0.4) is 0 Å². The molecule has 1 atom stereocenters. The van der Waals surface area contributed by atoms with Crippen molar-refractivity contribution in [2.45, 2.75) is 13.0 Å². The van der Waals surface area contributed by atoms with E-state index >= 15 is 0 Å². The Kier molecular flexibility index (Phi) is 5.59. The number of ether oxygens (including phenoxy) is 1. The second kappa shape index (κ2) is 6.96. The molecule has 0 aliphatic rings. The van der Waals surface area contributed by atoms with Gasteiger partial charge in [0.15, 0.2) is 0 Å². The number of hydrogen-bond donors (Lipinski definition) is 3. The Bertz CT molecular complexity index is 415. The quantitative estimate of drug-likeness (QED) is 0.689. The van der Waals surface area contributed by atoms with Crippen LogP contribution >= 0.6 is 0 Å². The van der Waals surface area contributed by atoms with Gasteiger partial charge in [-0.05, 0) is 19.1 Å². The molecule has 0 saturated heterocycles. The van der Waals surface area contributed by atoms with Crippen LogP contribution in [0.15, 0.2) is 18.2 Å². The zero-order valence-corrected chi connectivity index (χ0v) is 11.0. The van der Waals surface area contributed by atoms with E-state index in [1.54, 1.807) is 11.8 Å². The molecule has 1 aromatic carbocycles. The number of carboxylic acid groups (broad SMARTS) is 1. The average Bonchev–Trinajstić information content (AvgIpc) is 2.33. The van der Waals surface area contributed by atoms with Crippen molar-refractivity contribution in [3.63, 3.8) is 0 Å². The minimum Gasteiger partial charge on any atom is -0.507 e. The minimum absolute atomic E-state index is 0.0553. The lowest BCUT2D eigenvalue weighted by molar-refractivity contribution is -0.139. The van der Waals surface area contributed by atoms with E-state index in [4.69, 9.17) is 9.84 Å². The number of benzene rings is 1. The van der Waals surface area contributed by atoms with Gasteiger partial charge in [-0.25, -0.2) is 0 Å². The molecule has 106 valence electrons. The monoisotopic (exact) mass is 269 g/mol. The third-order valence-corrected chi connectivity index (χ3v) is 2.95.